The number of aryl methyl sites for hydroxylation is 2. The van der Waals surface area contributed by atoms with Crippen LogP contribution in [0.2, 0.25) is 0 Å². The summed E-state index contributed by atoms with van der Waals surface area (Å²) in [7, 11) is 0. The van der Waals surface area contributed by atoms with Crippen LogP contribution in [0.1, 0.15) is 24.0 Å². The number of hydrogen-bond acceptors (Lipinski definition) is 1. The zero-order valence-corrected chi connectivity index (χ0v) is 8.90. The summed E-state index contributed by atoms with van der Waals surface area (Å²) >= 11 is 0. The molecule has 0 atom stereocenters. The van der Waals surface area contributed by atoms with Gasteiger partial charge in [-0.1, -0.05) is 12.1 Å². The average molecular weight is 229 g/mol. The van der Waals surface area contributed by atoms with Crippen LogP contribution in [0.15, 0.2) is 18.2 Å². The van der Waals surface area contributed by atoms with Crippen molar-refractivity contribution in [3.8, 4) is 0 Å². The van der Waals surface area contributed by atoms with Crippen LogP contribution in [0.25, 0.3) is 0 Å². The first-order chi connectivity index (χ1) is 7.54. The third-order valence-corrected chi connectivity index (χ3v) is 2.81. The number of halogens is 3. The summed E-state index contributed by atoms with van der Waals surface area (Å²) in [4.78, 5) is 0. The van der Waals surface area contributed by atoms with Gasteiger partial charge < -0.3 is 5.32 Å². The van der Waals surface area contributed by atoms with Crippen molar-refractivity contribution >= 4 is 5.69 Å². The van der Waals surface area contributed by atoms with Crippen molar-refractivity contribution < 1.29 is 13.2 Å². The summed E-state index contributed by atoms with van der Waals surface area (Å²) in [6.07, 6.45) is -2.63. The number of nitrogens with one attached hydrogen (secondary N) is 1. The number of anilines is 1. The molecule has 1 aliphatic rings. The van der Waals surface area contributed by atoms with Gasteiger partial charge >= 0.3 is 6.18 Å². The Bertz CT molecular complexity index is 371. The minimum Gasteiger partial charge on any atom is -0.385 e. The molecule has 0 spiro atoms. The van der Waals surface area contributed by atoms with Gasteiger partial charge in [0.1, 0.15) is 0 Å². The number of hydrogen-bond donors (Lipinski definition) is 1. The fraction of sp³-hybridized carbons (Fsp3) is 0.500. The van der Waals surface area contributed by atoms with Crippen molar-refractivity contribution in [3.05, 3.63) is 29.3 Å². The molecule has 2 rings (SSSR count). The van der Waals surface area contributed by atoms with Gasteiger partial charge in [0.25, 0.3) is 0 Å². The molecule has 0 aliphatic carbocycles. The molecule has 4 heteroatoms. The Morgan fingerprint density at radius 3 is 2.81 bits per heavy atom. The summed E-state index contributed by atoms with van der Waals surface area (Å²) in [6, 6.07) is 5.59. The van der Waals surface area contributed by atoms with Gasteiger partial charge in [-0.2, -0.15) is 13.2 Å². The fourth-order valence-corrected chi connectivity index (χ4v) is 1.95. The molecule has 1 aromatic rings. The molecule has 16 heavy (non-hydrogen) atoms. The molecule has 0 unspecified atom stereocenters. The lowest BCUT2D eigenvalue weighted by Crippen LogP contribution is -2.12. The summed E-state index contributed by atoms with van der Waals surface area (Å²) in [6.45, 7) is 0.912. The Balaban J connectivity index is 2.06. The van der Waals surface area contributed by atoms with Crippen molar-refractivity contribution in [2.24, 2.45) is 0 Å². The monoisotopic (exact) mass is 229 g/mol. The normalized spacial score (nSPS) is 15.4. The second-order valence-corrected chi connectivity index (χ2v) is 4.14. The first-order valence-electron chi connectivity index (χ1n) is 5.47. The molecule has 1 heterocycles. The van der Waals surface area contributed by atoms with Gasteiger partial charge in [0.05, 0.1) is 0 Å². The largest absolute Gasteiger partial charge is 0.389 e. The van der Waals surface area contributed by atoms with E-state index in [9.17, 15) is 13.2 Å². The van der Waals surface area contributed by atoms with Gasteiger partial charge in [-0.15, -0.1) is 0 Å². The quantitative estimate of drug-likeness (QED) is 0.817. The molecule has 1 aromatic carbocycles. The van der Waals surface area contributed by atoms with Crippen molar-refractivity contribution in [2.75, 3.05) is 11.9 Å². The summed E-state index contributed by atoms with van der Waals surface area (Å²) < 4.78 is 36.2. The lowest BCUT2D eigenvalue weighted by molar-refractivity contribution is -0.133. The predicted molar refractivity (Wildman–Crippen MR) is 57.6 cm³/mol. The zero-order chi connectivity index (χ0) is 11.6. The fourth-order valence-electron chi connectivity index (χ4n) is 1.95. The highest BCUT2D eigenvalue weighted by Crippen LogP contribution is 2.26. The van der Waals surface area contributed by atoms with Gasteiger partial charge in [-0.05, 0) is 36.5 Å². The van der Waals surface area contributed by atoms with Gasteiger partial charge in [0.15, 0.2) is 0 Å². The van der Waals surface area contributed by atoms with Crippen LogP contribution in [0, 0.1) is 0 Å². The van der Waals surface area contributed by atoms with Crippen LogP contribution in [-0.4, -0.2) is 12.7 Å². The van der Waals surface area contributed by atoms with Gasteiger partial charge in [-0.25, -0.2) is 0 Å². The van der Waals surface area contributed by atoms with E-state index in [0.717, 1.165) is 30.6 Å². The van der Waals surface area contributed by atoms with Crippen molar-refractivity contribution in [1.29, 1.82) is 0 Å². The first-order valence-corrected chi connectivity index (χ1v) is 5.47. The van der Waals surface area contributed by atoms with Gasteiger partial charge in [0, 0.05) is 18.7 Å². The summed E-state index contributed by atoms with van der Waals surface area (Å²) in [5, 5.41) is 3.22. The van der Waals surface area contributed by atoms with Gasteiger partial charge in [0.2, 0.25) is 0 Å². The van der Waals surface area contributed by atoms with E-state index in [4.69, 9.17) is 0 Å². The third-order valence-electron chi connectivity index (χ3n) is 2.81. The van der Waals surface area contributed by atoms with Crippen molar-refractivity contribution in [1.82, 2.24) is 0 Å². The minimum atomic E-state index is -4.07. The first kappa shape index (κ1) is 11.3. The van der Waals surface area contributed by atoms with Gasteiger partial charge in [-0.3, -0.25) is 0 Å². The third kappa shape index (κ3) is 2.90. The molecule has 0 bridgehead atoms. The van der Waals surface area contributed by atoms with Crippen LogP contribution in [0.4, 0.5) is 18.9 Å². The van der Waals surface area contributed by atoms with Crippen molar-refractivity contribution in [2.45, 2.75) is 31.9 Å². The average Bonchev–Trinajstić information content (AvgIpc) is 2.25. The van der Waals surface area contributed by atoms with Crippen molar-refractivity contribution in [3.63, 3.8) is 0 Å². The van der Waals surface area contributed by atoms with Crippen LogP contribution in [0.3, 0.4) is 0 Å². The Morgan fingerprint density at radius 2 is 2.06 bits per heavy atom. The topological polar surface area (TPSA) is 12.0 Å². The molecule has 0 aromatic heterocycles. The minimum absolute atomic E-state index is 0.0679. The molecule has 88 valence electrons. The van der Waals surface area contributed by atoms with E-state index in [1.165, 1.54) is 5.56 Å². The molecule has 0 radical (unpaired) electrons. The maximum Gasteiger partial charge on any atom is 0.389 e. The zero-order valence-electron chi connectivity index (χ0n) is 8.90. The maximum absolute atomic E-state index is 12.1. The second kappa shape index (κ2) is 4.36. The summed E-state index contributed by atoms with van der Waals surface area (Å²) in [5.74, 6) is 0. The highest BCUT2D eigenvalue weighted by Gasteiger charge is 2.26. The Labute approximate surface area is 92.7 Å². The molecule has 1 N–H and O–H groups in total. The Kier molecular flexibility index (Phi) is 3.08. The van der Waals surface area contributed by atoms with E-state index >= 15 is 0 Å². The molecular weight excluding hydrogens is 215 g/mol. The molecule has 0 fully saturated rings. The maximum atomic E-state index is 12.1. The number of fused-ring (bicyclic) bond motifs is 1. The van der Waals surface area contributed by atoms with Crippen LogP contribution < -0.4 is 5.32 Å². The number of alkyl halides is 3. The van der Waals surface area contributed by atoms with Crippen LogP contribution in [-0.2, 0) is 12.8 Å². The van der Waals surface area contributed by atoms with E-state index in [1.54, 1.807) is 6.07 Å². The predicted octanol–water partition coefficient (Wildman–Crippen LogP) is 3.54. The lowest BCUT2D eigenvalue weighted by Gasteiger charge is -2.18. The standard InChI is InChI=1S/C12H14F3N/c13-12(14,15)6-5-9-3-4-10-2-1-7-16-11(10)8-9/h3-4,8,16H,1-2,5-7H2. The van der Waals surface area contributed by atoms with E-state index in [-0.39, 0.29) is 6.42 Å². The van der Waals surface area contributed by atoms with E-state index in [2.05, 4.69) is 5.32 Å². The summed E-state index contributed by atoms with van der Waals surface area (Å²) in [5.41, 5.74) is 2.97. The highest BCUT2D eigenvalue weighted by atomic mass is 19.4. The lowest BCUT2D eigenvalue weighted by atomic mass is 9.99. The van der Waals surface area contributed by atoms with Crippen LogP contribution >= 0.6 is 0 Å². The van der Waals surface area contributed by atoms with E-state index in [0.29, 0.717) is 0 Å². The number of rotatable bonds is 2. The number of benzene rings is 1. The second-order valence-electron chi connectivity index (χ2n) is 4.14. The van der Waals surface area contributed by atoms with E-state index < -0.39 is 12.6 Å². The molecule has 0 saturated carbocycles. The smallest absolute Gasteiger partial charge is 0.385 e. The Morgan fingerprint density at radius 1 is 1.25 bits per heavy atom. The van der Waals surface area contributed by atoms with E-state index in [1.807, 2.05) is 12.1 Å². The molecule has 1 nitrogen and oxygen atoms in total. The molecule has 0 saturated heterocycles. The molecule has 1 aliphatic heterocycles. The van der Waals surface area contributed by atoms with Crippen LogP contribution in [0.5, 0.6) is 0 Å². The molecular formula is C12H14F3N. The highest BCUT2D eigenvalue weighted by molar-refractivity contribution is 5.54. The Hall–Kier alpha value is -1.19. The SMILES string of the molecule is FC(F)(F)CCc1ccc2c(c1)NCCC2. The molecule has 0 amide bonds.